The summed E-state index contributed by atoms with van der Waals surface area (Å²) in [6.45, 7) is 3.76. The van der Waals surface area contributed by atoms with Crippen molar-refractivity contribution in [2.24, 2.45) is 5.92 Å². The standard InChI is InChI=1S/C12H17ClN2O2/c1-7(2)11(6-16)15-12(17)8-3-4-10(14)9(13)5-8/h3-5,7,11,16H,6,14H2,1-2H3,(H,15,17). The number of aliphatic hydroxyl groups is 1. The maximum absolute atomic E-state index is 11.9. The van der Waals surface area contributed by atoms with E-state index in [0.717, 1.165) is 0 Å². The first-order chi connectivity index (χ1) is 7.95. The van der Waals surface area contributed by atoms with Gasteiger partial charge in [-0.1, -0.05) is 25.4 Å². The Labute approximate surface area is 106 Å². The minimum Gasteiger partial charge on any atom is -0.398 e. The molecule has 0 aliphatic carbocycles. The van der Waals surface area contributed by atoms with Crippen LogP contribution in [0.15, 0.2) is 18.2 Å². The average Bonchev–Trinajstić information content (AvgIpc) is 2.28. The molecule has 1 rings (SSSR count). The van der Waals surface area contributed by atoms with Crippen LogP contribution in [0.1, 0.15) is 24.2 Å². The number of hydrogen-bond donors (Lipinski definition) is 3. The second-order valence-corrected chi connectivity index (χ2v) is 4.65. The van der Waals surface area contributed by atoms with Gasteiger partial charge in [0.05, 0.1) is 23.4 Å². The van der Waals surface area contributed by atoms with Crippen molar-refractivity contribution in [2.45, 2.75) is 19.9 Å². The quantitative estimate of drug-likeness (QED) is 0.718. The molecule has 0 saturated heterocycles. The highest BCUT2D eigenvalue weighted by atomic mass is 35.5. The van der Waals surface area contributed by atoms with E-state index in [1.807, 2.05) is 13.8 Å². The van der Waals surface area contributed by atoms with E-state index in [4.69, 9.17) is 22.4 Å². The van der Waals surface area contributed by atoms with Crippen molar-refractivity contribution in [1.82, 2.24) is 5.32 Å². The van der Waals surface area contributed by atoms with Crippen molar-refractivity contribution < 1.29 is 9.90 Å². The van der Waals surface area contributed by atoms with Gasteiger partial charge in [0, 0.05) is 5.56 Å². The number of nitrogen functional groups attached to an aromatic ring is 1. The molecular weight excluding hydrogens is 240 g/mol. The molecule has 4 N–H and O–H groups in total. The molecule has 1 aromatic rings. The fourth-order valence-corrected chi connectivity index (χ4v) is 1.52. The molecule has 1 aromatic carbocycles. The maximum atomic E-state index is 11.9. The first-order valence-corrected chi connectivity index (χ1v) is 5.80. The zero-order valence-electron chi connectivity index (χ0n) is 9.90. The van der Waals surface area contributed by atoms with E-state index in [-0.39, 0.29) is 24.5 Å². The second-order valence-electron chi connectivity index (χ2n) is 4.24. The largest absolute Gasteiger partial charge is 0.398 e. The molecule has 0 aromatic heterocycles. The zero-order valence-corrected chi connectivity index (χ0v) is 10.7. The Morgan fingerprint density at radius 1 is 1.53 bits per heavy atom. The predicted octanol–water partition coefficient (Wildman–Crippen LogP) is 1.67. The molecule has 1 atom stereocenters. The summed E-state index contributed by atoms with van der Waals surface area (Å²) in [4.78, 5) is 11.9. The zero-order chi connectivity index (χ0) is 13.0. The molecule has 0 heterocycles. The van der Waals surface area contributed by atoms with Gasteiger partial charge in [0.1, 0.15) is 0 Å². The lowest BCUT2D eigenvalue weighted by Gasteiger charge is -2.20. The highest BCUT2D eigenvalue weighted by Gasteiger charge is 2.16. The summed E-state index contributed by atoms with van der Waals surface area (Å²) >= 11 is 5.84. The van der Waals surface area contributed by atoms with Gasteiger partial charge >= 0.3 is 0 Å². The highest BCUT2D eigenvalue weighted by Crippen LogP contribution is 2.19. The second kappa shape index (κ2) is 5.89. The number of carbonyl (C=O) groups excluding carboxylic acids is 1. The van der Waals surface area contributed by atoms with E-state index in [1.165, 1.54) is 6.07 Å². The van der Waals surface area contributed by atoms with Crippen molar-refractivity contribution in [3.63, 3.8) is 0 Å². The Kier molecular flexibility index (Phi) is 4.78. The van der Waals surface area contributed by atoms with Gasteiger partial charge in [0.25, 0.3) is 5.91 Å². The summed E-state index contributed by atoms with van der Waals surface area (Å²) in [6, 6.07) is 4.44. The molecule has 0 saturated carbocycles. The molecule has 0 bridgehead atoms. The van der Waals surface area contributed by atoms with Gasteiger partial charge in [0.15, 0.2) is 0 Å². The fourth-order valence-electron chi connectivity index (χ4n) is 1.34. The fraction of sp³-hybridized carbons (Fsp3) is 0.417. The van der Waals surface area contributed by atoms with E-state index < -0.39 is 0 Å². The summed E-state index contributed by atoms with van der Waals surface area (Å²) in [5.41, 5.74) is 6.43. The number of nitrogens with two attached hydrogens (primary N) is 1. The van der Waals surface area contributed by atoms with Gasteiger partial charge in [-0.15, -0.1) is 0 Å². The van der Waals surface area contributed by atoms with Gasteiger partial charge in [-0.05, 0) is 24.1 Å². The van der Waals surface area contributed by atoms with Crippen molar-refractivity contribution in [1.29, 1.82) is 0 Å². The van der Waals surface area contributed by atoms with Crippen LogP contribution in [0.3, 0.4) is 0 Å². The van der Waals surface area contributed by atoms with Crippen LogP contribution < -0.4 is 11.1 Å². The van der Waals surface area contributed by atoms with Crippen LogP contribution in [0.5, 0.6) is 0 Å². The lowest BCUT2D eigenvalue weighted by molar-refractivity contribution is 0.0897. The Morgan fingerprint density at radius 2 is 2.18 bits per heavy atom. The van der Waals surface area contributed by atoms with E-state index in [1.54, 1.807) is 12.1 Å². The molecule has 4 nitrogen and oxygen atoms in total. The normalized spacial score (nSPS) is 12.5. The Balaban J connectivity index is 2.79. The number of amides is 1. The van der Waals surface area contributed by atoms with Gasteiger partial charge in [-0.25, -0.2) is 0 Å². The topological polar surface area (TPSA) is 75.3 Å². The summed E-state index contributed by atoms with van der Waals surface area (Å²) in [5.74, 6) is -0.104. The molecular formula is C12H17ClN2O2. The maximum Gasteiger partial charge on any atom is 0.251 e. The first-order valence-electron chi connectivity index (χ1n) is 5.42. The highest BCUT2D eigenvalue weighted by molar-refractivity contribution is 6.33. The minimum atomic E-state index is -0.265. The predicted molar refractivity (Wildman–Crippen MR) is 69.0 cm³/mol. The Bertz CT molecular complexity index is 407. The Hall–Kier alpha value is -1.26. The van der Waals surface area contributed by atoms with Crippen molar-refractivity contribution in [3.8, 4) is 0 Å². The van der Waals surface area contributed by atoms with Crippen molar-refractivity contribution in [3.05, 3.63) is 28.8 Å². The molecule has 0 aliphatic heterocycles. The number of aliphatic hydroxyl groups excluding tert-OH is 1. The smallest absolute Gasteiger partial charge is 0.251 e. The summed E-state index contributed by atoms with van der Waals surface area (Å²) in [7, 11) is 0. The summed E-state index contributed by atoms with van der Waals surface area (Å²) in [6.07, 6.45) is 0. The van der Waals surface area contributed by atoms with E-state index in [0.29, 0.717) is 16.3 Å². The average molecular weight is 257 g/mol. The number of anilines is 1. The van der Waals surface area contributed by atoms with Gasteiger partial charge < -0.3 is 16.2 Å². The minimum absolute atomic E-state index is 0.0912. The van der Waals surface area contributed by atoms with Crippen LogP contribution in [0.2, 0.25) is 5.02 Å². The third-order valence-corrected chi connectivity index (χ3v) is 2.91. The first kappa shape index (κ1) is 13.8. The molecule has 94 valence electrons. The van der Waals surface area contributed by atoms with Gasteiger partial charge in [0.2, 0.25) is 0 Å². The summed E-state index contributed by atoms with van der Waals surface area (Å²) < 4.78 is 0. The summed E-state index contributed by atoms with van der Waals surface area (Å²) in [5, 5.41) is 12.2. The van der Waals surface area contributed by atoms with Crippen LogP contribution in [0, 0.1) is 5.92 Å². The lowest BCUT2D eigenvalue weighted by atomic mass is 10.0. The third kappa shape index (κ3) is 3.61. The number of hydrogen-bond acceptors (Lipinski definition) is 3. The Morgan fingerprint density at radius 3 is 2.65 bits per heavy atom. The molecule has 0 spiro atoms. The number of nitrogens with one attached hydrogen (secondary N) is 1. The molecule has 17 heavy (non-hydrogen) atoms. The number of rotatable bonds is 4. The molecule has 0 radical (unpaired) electrons. The molecule has 0 fully saturated rings. The number of benzene rings is 1. The molecule has 1 amide bonds. The van der Waals surface area contributed by atoms with Crippen LogP contribution in [-0.4, -0.2) is 23.7 Å². The van der Waals surface area contributed by atoms with E-state index in [9.17, 15) is 4.79 Å². The van der Waals surface area contributed by atoms with Crippen molar-refractivity contribution in [2.75, 3.05) is 12.3 Å². The molecule has 1 unspecified atom stereocenters. The third-order valence-electron chi connectivity index (χ3n) is 2.58. The number of carbonyl (C=O) groups is 1. The van der Waals surface area contributed by atoms with Gasteiger partial charge in [-0.3, -0.25) is 4.79 Å². The van der Waals surface area contributed by atoms with Crippen LogP contribution in [0.25, 0.3) is 0 Å². The molecule has 5 heteroatoms. The lowest BCUT2D eigenvalue weighted by Crippen LogP contribution is -2.41. The van der Waals surface area contributed by atoms with E-state index in [2.05, 4.69) is 5.32 Å². The van der Waals surface area contributed by atoms with E-state index >= 15 is 0 Å². The molecule has 0 aliphatic rings. The number of halogens is 1. The SMILES string of the molecule is CC(C)C(CO)NC(=O)c1ccc(N)c(Cl)c1. The van der Waals surface area contributed by atoms with Crippen LogP contribution in [0.4, 0.5) is 5.69 Å². The van der Waals surface area contributed by atoms with Crippen LogP contribution in [-0.2, 0) is 0 Å². The van der Waals surface area contributed by atoms with Crippen molar-refractivity contribution >= 4 is 23.2 Å². The van der Waals surface area contributed by atoms with Crippen LogP contribution >= 0.6 is 11.6 Å². The monoisotopic (exact) mass is 256 g/mol. The van der Waals surface area contributed by atoms with Gasteiger partial charge in [-0.2, -0.15) is 0 Å².